The molecule has 0 saturated heterocycles. The maximum absolute atomic E-state index is 5.35. The molecule has 0 atom stereocenters. The van der Waals surface area contributed by atoms with Crippen molar-refractivity contribution in [2.75, 3.05) is 31.3 Å². The molecular weight excluding hydrogens is 184 g/mol. The lowest BCUT2D eigenvalue weighted by atomic mass is 10.5. The number of hydrogen-bond donors (Lipinski definition) is 0. The van der Waals surface area contributed by atoms with Gasteiger partial charge in [-0.2, -0.15) is 11.8 Å². The second-order valence-electron chi connectivity index (χ2n) is 2.90. The minimum atomic E-state index is 0.304. The van der Waals surface area contributed by atoms with Crippen LogP contribution in [0.25, 0.3) is 0 Å². The third kappa shape index (κ3) is 12.0. The Bertz CT molecular complexity index is 115. The summed E-state index contributed by atoms with van der Waals surface area (Å²) in [5.74, 6) is 2.04. The van der Waals surface area contributed by atoms with E-state index < -0.39 is 0 Å². The summed E-state index contributed by atoms with van der Waals surface area (Å²) in [4.78, 5) is 0. The first-order valence-corrected chi connectivity index (χ1v) is 5.80. The Morgan fingerprint density at radius 2 is 2.08 bits per heavy atom. The summed E-state index contributed by atoms with van der Waals surface area (Å²) < 4.78 is 10.7. The molecule has 0 fully saturated rings. The van der Waals surface area contributed by atoms with Crippen LogP contribution in [0.5, 0.6) is 0 Å². The van der Waals surface area contributed by atoms with Crippen LogP contribution in [0.15, 0.2) is 12.7 Å². The van der Waals surface area contributed by atoms with Crippen molar-refractivity contribution in [3.8, 4) is 0 Å². The average molecular weight is 204 g/mol. The monoisotopic (exact) mass is 204 g/mol. The van der Waals surface area contributed by atoms with Crippen LogP contribution >= 0.6 is 11.8 Å². The molecule has 0 aliphatic rings. The van der Waals surface area contributed by atoms with Crippen LogP contribution in [0.3, 0.4) is 0 Å². The normalized spacial score (nSPS) is 10.7. The van der Waals surface area contributed by atoms with Crippen molar-refractivity contribution in [1.29, 1.82) is 0 Å². The predicted molar refractivity (Wildman–Crippen MR) is 59.4 cm³/mol. The van der Waals surface area contributed by atoms with Crippen molar-refractivity contribution in [2.45, 2.75) is 20.0 Å². The highest BCUT2D eigenvalue weighted by Gasteiger charge is 1.92. The highest BCUT2D eigenvalue weighted by molar-refractivity contribution is 7.99. The van der Waals surface area contributed by atoms with Gasteiger partial charge in [0.15, 0.2) is 0 Å². The fraction of sp³-hybridized carbons (Fsp3) is 0.800. The van der Waals surface area contributed by atoms with E-state index in [2.05, 4.69) is 6.58 Å². The fourth-order valence-corrected chi connectivity index (χ4v) is 1.30. The molecule has 78 valence electrons. The lowest BCUT2D eigenvalue weighted by Crippen LogP contribution is -2.10. The van der Waals surface area contributed by atoms with Crippen LogP contribution in [0, 0.1) is 0 Å². The van der Waals surface area contributed by atoms with E-state index in [1.807, 2.05) is 31.7 Å². The van der Waals surface area contributed by atoms with Gasteiger partial charge in [-0.25, -0.2) is 0 Å². The van der Waals surface area contributed by atoms with Crippen LogP contribution in [-0.4, -0.2) is 37.4 Å². The van der Waals surface area contributed by atoms with Crippen molar-refractivity contribution in [1.82, 2.24) is 0 Å². The topological polar surface area (TPSA) is 18.5 Å². The van der Waals surface area contributed by atoms with Crippen LogP contribution in [-0.2, 0) is 9.47 Å². The molecule has 0 N–H and O–H groups in total. The Kier molecular flexibility index (Phi) is 10.1. The van der Waals surface area contributed by atoms with Crippen molar-refractivity contribution in [2.24, 2.45) is 0 Å². The summed E-state index contributed by atoms with van der Waals surface area (Å²) in [6, 6.07) is 0. The molecule has 3 heteroatoms. The third-order valence-electron chi connectivity index (χ3n) is 1.29. The van der Waals surface area contributed by atoms with Crippen molar-refractivity contribution >= 4 is 11.8 Å². The van der Waals surface area contributed by atoms with E-state index >= 15 is 0 Å². The van der Waals surface area contributed by atoms with Crippen molar-refractivity contribution < 1.29 is 9.47 Å². The van der Waals surface area contributed by atoms with E-state index in [4.69, 9.17) is 9.47 Å². The van der Waals surface area contributed by atoms with E-state index in [0.717, 1.165) is 18.1 Å². The maximum atomic E-state index is 5.35. The van der Waals surface area contributed by atoms with E-state index in [1.165, 1.54) is 0 Å². The summed E-state index contributed by atoms with van der Waals surface area (Å²) in [7, 11) is 0. The largest absolute Gasteiger partial charge is 0.378 e. The van der Waals surface area contributed by atoms with Crippen LogP contribution in [0.2, 0.25) is 0 Å². The van der Waals surface area contributed by atoms with Gasteiger partial charge in [0.25, 0.3) is 0 Å². The average Bonchev–Trinajstić information content (AvgIpc) is 2.09. The summed E-state index contributed by atoms with van der Waals surface area (Å²) in [6.07, 6.45) is 2.21. The van der Waals surface area contributed by atoms with Crippen molar-refractivity contribution in [3.05, 3.63) is 12.7 Å². The molecule has 0 rings (SSSR count). The zero-order valence-corrected chi connectivity index (χ0v) is 9.44. The lowest BCUT2D eigenvalue weighted by Gasteiger charge is -2.07. The summed E-state index contributed by atoms with van der Waals surface area (Å²) in [5, 5.41) is 0. The molecule has 0 aromatic heterocycles. The second kappa shape index (κ2) is 10.1. The summed E-state index contributed by atoms with van der Waals surface area (Å²) >= 11 is 1.83. The molecule has 0 bridgehead atoms. The smallest absolute Gasteiger partial charge is 0.0703 e. The summed E-state index contributed by atoms with van der Waals surface area (Å²) in [6.45, 7) is 9.91. The van der Waals surface area contributed by atoms with Gasteiger partial charge in [0, 0.05) is 11.5 Å². The van der Waals surface area contributed by atoms with Gasteiger partial charge in [0.1, 0.15) is 0 Å². The van der Waals surface area contributed by atoms with Gasteiger partial charge in [-0.3, -0.25) is 0 Å². The molecule has 0 spiro atoms. The molecule has 0 saturated carbocycles. The molecule has 0 unspecified atom stereocenters. The summed E-state index contributed by atoms with van der Waals surface area (Å²) in [5.41, 5.74) is 0. The number of rotatable bonds is 9. The molecule has 0 aliphatic carbocycles. The Morgan fingerprint density at radius 3 is 2.69 bits per heavy atom. The standard InChI is InChI=1S/C10H20O2S/c1-4-8-13-9-7-11-5-6-12-10(2)3/h4,10H,1,5-9H2,2-3H3. The van der Waals surface area contributed by atoms with Crippen LogP contribution < -0.4 is 0 Å². The minimum Gasteiger partial charge on any atom is -0.378 e. The molecular formula is C10H20O2S. The predicted octanol–water partition coefficient (Wildman–Crippen LogP) is 2.35. The van der Waals surface area contributed by atoms with Gasteiger partial charge < -0.3 is 9.47 Å². The number of thioether (sulfide) groups is 1. The highest BCUT2D eigenvalue weighted by Crippen LogP contribution is 1.98. The maximum Gasteiger partial charge on any atom is 0.0703 e. The molecule has 0 amide bonds. The molecule has 0 aliphatic heterocycles. The Hall–Kier alpha value is 0.01000. The van der Waals surface area contributed by atoms with Gasteiger partial charge in [0.05, 0.1) is 25.9 Å². The fourth-order valence-electron chi connectivity index (χ4n) is 0.729. The Labute approximate surface area is 85.7 Å². The SMILES string of the molecule is C=CCSCCOCCOC(C)C. The first-order valence-electron chi connectivity index (χ1n) is 4.65. The van der Waals surface area contributed by atoms with Gasteiger partial charge in [0.2, 0.25) is 0 Å². The van der Waals surface area contributed by atoms with Crippen LogP contribution in [0.1, 0.15) is 13.8 Å². The zero-order valence-electron chi connectivity index (χ0n) is 8.62. The minimum absolute atomic E-state index is 0.304. The van der Waals surface area contributed by atoms with Gasteiger partial charge in [-0.05, 0) is 13.8 Å². The van der Waals surface area contributed by atoms with Gasteiger partial charge in [-0.15, -0.1) is 6.58 Å². The van der Waals surface area contributed by atoms with Crippen molar-refractivity contribution in [3.63, 3.8) is 0 Å². The molecule has 0 aromatic rings. The van der Waals surface area contributed by atoms with E-state index in [-0.39, 0.29) is 0 Å². The van der Waals surface area contributed by atoms with Crippen LogP contribution in [0.4, 0.5) is 0 Å². The molecule has 0 heterocycles. The third-order valence-corrected chi connectivity index (χ3v) is 2.21. The molecule has 13 heavy (non-hydrogen) atoms. The van der Waals surface area contributed by atoms with E-state index in [1.54, 1.807) is 0 Å². The first kappa shape index (κ1) is 13.0. The first-order chi connectivity index (χ1) is 6.27. The molecule has 2 nitrogen and oxygen atoms in total. The number of ether oxygens (including phenoxy) is 2. The quantitative estimate of drug-likeness (QED) is 0.424. The zero-order chi connectivity index (χ0) is 9.94. The van der Waals surface area contributed by atoms with Gasteiger partial charge >= 0.3 is 0 Å². The lowest BCUT2D eigenvalue weighted by molar-refractivity contribution is 0.0237. The molecule has 0 aromatic carbocycles. The van der Waals surface area contributed by atoms with E-state index in [0.29, 0.717) is 19.3 Å². The Balaban J connectivity index is 2.87. The molecule has 0 radical (unpaired) electrons. The Morgan fingerprint density at radius 1 is 1.31 bits per heavy atom. The van der Waals surface area contributed by atoms with E-state index in [9.17, 15) is 0 Å². The second-order valence-corrected chi connectivity index (χ2v) is 4.05. The highest BCUT2D eigenvalue weighted by atomic mass is 32.2. The van der Waals surface area contributed by atoms with Gasteiger partial charge in [-0.1, -0.05) is 6.08 Å². The number of hydrogen-bond acceptors (Lipinski definition) is 3.